The summed E-state index contributed by atoms with van der Waals surface area (Å²) in [6.45, 7) is 1.50. The third-order valence-corrected chi connectivity index (χ3v) is 2.75. The van der Waals surface area contributed by atoms with E-state index in [-0.39, 0.29) is 12.4 Å². The van der Waals surface area contributed by atoms with Crippen LogP contribution < -0.4 is 0 Å². The lowest BCUT2D eigenvalue weighted by molar-refractivity contribution is 0.0474. The van der Waals surface area contributed by atoms with Crippen molar-refractivity contribution in [2.45, 2.75) is 6.92 Å². The quantitative estimate of drug-likeness (QED) is 0.634. The normalized spacial score (nSPS) is 10.1. The molecule has 0 aromatic heterocycles. The van der Waals surface area contributed by atoms with Gasteiger partial charge >= 0.3 is 5.97 Å². The third-order valence-electron chi connectivity index (χ3n) is 2.75. The molecule has 0 aliphatic rings. The molecule has 0 radical (unpaired) electrons. The molecule has 2 rings (SSSR count). The number of ketones is 1. The molecule has 0 saturated heterocycles. The summed E-state index contributed by atoms with van der Waals surface area (Å²) in [5, 5.41) is 0. The van der Waals surface area contributed by atoms with E-state index in [0.29, 0.717) is 11.1 Å². The van der Waals surface area contributed by atoms with Crippen molar-refractivity contribution in [3.63, 3.8) is 0 Å². The molecule has 0 fully saturated rings. The Hall–Kier alpha value is -2.49. The molecule has 3 nitrogen and oxygen atoms in total. The van der Waals surface area contributed by atoms with E-state index in [2.05, 4.69) is 0 Å². The van der Waals surface area contributed by atoms with E-state index < -0.39 is 11.8 Å². The van der Waals surface area contributed by atoms with Crippen LogP contribution in [0.3, 0.4) is 0 Å². The van der Waals surface area contributed by atoms with E-state index in [1.807, 2.05) is 13.0 Å². The second-order valence-electron chi connectivity index (χ2n) is 4.38. The van der Waals surface area contributed by atoms with Gasteiger partial charge in [0.2, 0.25) is 0 Å². The Morgan fingerprint density at radius 2 is 1.75 bits per heavy atom. The van der Waals surface area contributed by atoms with E-state index in [0.717, 1.165) is 5.56 Å². The van der Waals surface area contributed by atoms with Crippen LogP contribution in [0, 0.1) is 12.7 Å². The van der Waals surface area contributed by atoms with Gasteiger partial charge in [0.1, 0.15) is 5.82 Å². The van der Waals surface area contributed by atoms with Crippen LogP contribution >= 0.6 is 0 Å². The number of Topliss-reactive ketones (excluding diaryl/α,β-unsaturated/α-hetero) is 1. The number of ether oxygens (including phenoxy) is 1. The third kappa shape index (κ3) is 3.51. The number of hydrogen-bond donors (Lipinski definition) is 0. The zero-order chi connectivity index (χ0) is 14.5. The van der Waals surface area contributed by atoms with Crippen molar-refractivity contribution in [1.29, 1.82) is 0 Å². The number of carbonyl (C=O) groups is 2. The van der Waals surface area contributed by atoms with Gasteiger partial charge < -0.3 is 4.74 Å². The summed E-state index contributed by atoms with van der Waals surface area (Å²) < 4.78 is 17.7. The molecule has 0 saturated carbocycles. The van der Waals surface area contributed by atoms with Crippen LogP contribution in [0.2, 0.25) is 0 Å². The van der Waals surface area contributed by atoms with Crippen molar-refractivity contribution in [1.82, 2.24) is 0 Å². The summed E-state index contributed by atoms with van der Waals surface area (Å²) >= 11 is 0. The van der Waals surface area contributed by atoms with Gasteiger partial charge in [0.15, 0.2) is 12.4 Å². The molecular formula is C16H13FO3. The zero-order valence-corrected chi connectivity index (χ0v) is 10.9. The predicted octanol–water partition coefficient (Wildman–Crippen LogP) is 3.17. The molecule has 0 atom stereocenters. The Bertz CT molecular complexity index is 632. The van der Waals surface area contributed by atoms with Crippen LogP contribution in [0.5, 0.6) is 0 Å². The van der Waals surface area contributed by atoms with Crippen LogP contribution in [0.4, 0.5) is 4.39 Å². The van der Waals surface area contributed by atoms with Crippen molar-refractivity contribution in [2.75, 3.05) is 6.61 Å². The van der Waals surface area contributed by atoms with Crippen LogP contribution in [0.15, 0.2) is 48.5 Å². The first kappa shape index (κ1) is 13.9. The zero-order valence-electron chi connectivity index (χ0n) is 10.9. The molecule has 0 aliphatic heterocycles. The average Bonchev–Trinajstić information content (AvgIpc) is 2.45. The first-order valence-corrected chi connectivity index (χ1v) is 6.09. The molecule has 2 aromatic rings. The number of hydrogen-bond acceptors (Lipinski definition) is 3. The Kier molecular flexibility index (Phi) is 4.25. The van der Waals surface area contributed by atoms with Crippen molar-refractivity contribution >= 4 is 11.8 Å². The van der Waals surface area contributed by atoms with Crippen LogP contribution in [0.25, 0.3) is 0 Å². The van der Waals surface area contributed by atoms with Crippen LogP contribution in [0.1, 0.15) is 26.3 Å². The van der Waals surface area contributed by atoms with Crippen molar-refractivity contribution in [3.8, 4) is 0 Å². The van der Waals surface area contributed by atoms with Gasteiger partial charge in [-0.15, -0.1) is 0 Å². The standard InChI is InChI=1S/C16H13FO3/c1-11-3-2-4-13(9-11)16(19)20-10-15(18)12-5-7-14(17)8-6-12/h2-9H,10H2,1H3. The molecule has 0 amide bonds. The highest BCUT2D eigenvalue weighted by molar-refractivity contribution is 5.99. The number of benzene rings is 2. The highest BCUT2D eigenvalue weighted by Crippen LogP contribution is 2.07. The summed E-state index contributed by atoms with van der Waals surface area (Å²) in [7, 11) is 0. The van der Waals surface area contributed by atoms with Gasteiger partial charge in [0.25, 0.3) is 0 Å². The molecule has 4 heteroatoms. The largest absolute Gasteiger partial charge is 0.454 e. The van der Waals surface area contributed by atoms with Crippen LogP contribution in [-0.4, -0.2) is 18.4 Å². The van der Waals surface area contributed by atoms with Crippen LogP contribution in [-0.2, 0) is 4.74 Å². The Morgan fingerprint density at radius 3 is 2.40 bits per heavy atom. The van der Waals surface area contributed by atoms with Gasteiger partial charge in [-0.3, -0.25) is 4.79 Å². The topological polar surface area (TPSA) is 43.4 Å². The Balaban J connectivity index is 1.96. The summed E-state index contributed by atoms with van der Waals surface area (Å²) in [5.41, 5.74) is 1.64. The lowest BCUT2D eigenvalue weighted by atomic mass is 10.1. The summed E-state index contributed by atoms with van der Waals surface area (Å²) in [4.78, 5) is 23.5. The molecule has 0 heterocycles. The summed E-state index contributed by atoms with van der Waals surface area (Å²) in [6.07, 6.45) is 0. The van der Waals surface area contributed by atoms with Gasteiger partial charge in [0.05, 0.1) is 5.56 Å². The highest BCUT2D eigenvalue weighted by atomic mass is 19.1. The van der Waals surface area contributed by atoms with E-state index in [4.69, 9.17) is 4.74 Å². The first-order chi connectivity index (χ1) is 9.56. The fourth-order valence-electron chi connectivity index (χ4n) is 1.71. The molecule has 102 valence electrons. The van der Waals surface area contributed by atoms with Crippen molar-refractivity contribution in [2.24, 2.45) is 0 Å². The minimum atomic E-state index is -0.552. The minimum Gasteiger partial charge on any atom is -0.454 e. The minimum absolute atomic E-state index is 0.309. The van der Waals surface area contributed by atoms with Gasteiger partial charge in [-0.05, 0) is 43.3 Å². The van der Waals surface area contributed by atoms with E-state index >= 15 is 0 Å². The number of halogens is 1. The number of carbonyl (C=O) groups excluding carboxylic acids is 2. The van der Waals surface area contributed by atoms with Crippen molar-refractivity contribution < 1.29 is 18.7 Å². The van der Waals surface area contributed by atoms with Gasteiger partial charge in [-0.25, -0.2) is 9.18 Å². The Morgan fingerprint density at radius 1 is 1.05 bits per heavy atom. The smallest absolute Gasteiger partial charge is 0.338 e. The maximum absolute atomic E-state index is 12.7. The fourth-order valence-corrected chi connectivity index (χ4v) is 1.71. The molecule has 20 heavy (non-hydrogen) atoms. The molecule has 2 aromatic carbocycles. The first-order valence-electron chi connectivity index (χ1n) is 6.09. The maximum Gasteiger partial charge on any atom is 0.338 e. The van der Waals surface area contributed by atoms with Gasteiger partial charge in [-0.1, -0.05) is 17.7 Å². The molecule has 0 bridgehead atoms. The lowest BCUT2D eigenvalue weighted by Gasteiger charge is -2.05. The number of aryl methyl sites for hydroxylation is 1. The second-order valence-corrected chi connectivity index (χ2v) is 4.38. The second kappa shape index (κ2) is 6.10. The SMILES string of the molecule is Cc1cccc(C(=O)OCC(=O)c2ccc(F)cc2)c1. The number of esters is 1. The number of rotatable bonds is 4. The van der Waals surface area contributed by atoms with Gasteiger partial charge in [-0.2, -0.15) is 0 Å². The molecule has 0 N–H and O–H groups in total. The molecular weight excluding hydrogens is 259 g/mol. The fraction of sp³-hybridized carbons (Fsp3) is 0.125. The average molecular weight is 272 g/mol. The van der Waals surface area contributed by atoms with Crippen molar-refractivity contribution in [3.05, 3.63) is 71.0 Å². The van der Waals surface area contributed by atoms with Gasteiger partial charge in [0, 0.05) is 5.56 Å². The predicted molar refractivity (Wildman–Crippen MR) is 72.2 cm³/mol. The van der Waals surface area contributed by atoms with E-state index in [9.17, 15) is 14.0 Å². The van der Waals surface area contributed by atoms with E-state index in [1.165, 1.54) is 24.3 Å². The maximum atomic E-state index is 12.7. The summed E-state index contributed by atoms with van der Waals surface area (Å²) in [6, 6.07) is 12.0. The molecule has 0 unspecified atom stereocenters. The summed E-state index contributed by atoms with van der Waals surface area (Å²) in [5.74, 6) is -1.34. The van der Waals surface area contributed by atoms with E-state index in [1.54, 1.807) is 18.2 Å². The molecule has 0 spiro atoms. The molecule has 0 aliphatic carbocycles. The lowest BCUT2D eigenvalue weighted by Crippen LogP contribution is -2.14. The highest BCUT2D eigenvalue weighted by Gasteiger charge is 2.11. The monoisotopic (exact) mass is 272 g/mol. The Labute approximate surface area is 116 Å².